The van der Waals surface area contributed by atoms with Gasteiger partial charge in [0.05, 0.1) is 0 Å². The lowest BCUT2D eigenvalue weighted by molar-refractivity contribution is -0.117. The SMILES string of the molecule is N#C/C(=C/Nc1ccc(Br)cn1)C(=O)NCc1ccccc1. The van der Waals surface area contributed by atoms with Crippen LogP contribution in [-0.4, -0.2) is 10.9 Å². The highest BCUT2D eigenvalue weighted by Gasteiger charge is 2.08. The summed E-state index contributed by atoms with van der Waals surface area (Å²) < 4.78 is 0.850. The van der Waals surface area contributed by atoms with Gasteiger partial charge in [0.1, 0.15) is 17.5 Å². The summed E-state index contributed by atoms with van der Waals surface area (Å²) in [5.74, 6) is 0.114. The van der Waals surface area contributed by atoms with Gasteiger partial charge in [0.25, 0.3) is 5.91 Å². The van der Waals surface area contributed by atoms with Crippen molar-refractivity contribution in [3.05, 3.63) is 70.5 Å². The van der Waals surface area contributed by atoms with Crippen molar-refractivity contribution in [1.29, 1.82) is 5.26 Å². The zero-order valence-corrected chi connectivity index (χ0v) is 13.2. The third kappa shape index (κ3) is 4.72. The van der Waals surface area contributed by atoms with E-state index in [1.165, 1.54) is 6.20 Å². The number of halogens is 1. The quantitative estimate of drug-likeness (QED) is 0.637. The van der Waals surface area contributed by atoms with Crippen LogP contribution in [0, 0.1) is 11.3 Å². The van der Waals surface area contributed by atoms with Crippen molar-refractivity contribution >= 4 is 27.7 Å². The van der Waals surface area contributed by atoms with Gasteiger partial charge in [-0.15, -0.1) is 0 Å². The van der Waals surface area contributed by atoms with E-state index in [1.54, 1.807) is 12.3 Å². The van der Waals surface area contributed by atoms with Crippen LogP contribution in [0.25, 0.3) is 0 Å². The van der Waals surface area contributed by atoms with Crippen molar-refractivity contribution < 1.29 is 4.79 Å². The number of nitrogens with one attached hydrogen (secondary N) is 2. The van der Waals surface area contributed by atoms with Gasteiger partial charge in [0.15, 0.2) is 0 Å². The van der Waals surface area contributed by atoms with Gasteiger partial charge in [-0.2, -0.15) is 5.26 Å². The molecule has 1 aromatic carbocycles. The molecule has 1 heterocycles. The number of amides is 1. The summed E-state index contributed by atoms with van der Waals surface area (Å²) in [7, 11) is 0. The van der Waals surface area contributed by atoms with Crippen LogP contribution in [0.15, 0.2) is 64.9 Å². The fraction of sp³-hybridized carbons (Fsp3) is 0.0625. The second-order valence-electron chi connectivity index (χ2n) is 4.34. The first-order valence-corrected chi connectivity index (χ1v) is 7.29. The Kier molecular flexibility index (Phi) is 5.69. The molecule has 0 spiro atoms. The van der Waals surface area contributed by atoms with E-state index in [-0.39, 0.29) is 5.57 Å². The number of anilines is 1. The Labute approximate surface area is 136 Å². The lowest BCUT2D eigenvalue weighted by Crippen LogP contribution is -2.24. The summed E-state index contributed by atoms with van der Waals surface area (Å²) in [4.78, 5) is 16.0. The normalized spacial score (nSPS) is 10.6. The van der Waals surface area contributed by atoms with Crippen molar-refractivity contribution in [2.75, 3.05) is 5.32 Å². The van der Waals surface area contributed by atoms with E-state index in [1.807, 2.05) is 42.5 Å². The number of benzene rings is 1. The Morgan fingerprint density at radius 1 is 1.27 bits per heavy atom. The van der Waals surface area contributed by atoms with E-state index >= 15 is 0 Å². The number of carbonyl (C=O) groups is 1. The summed E-state index contributed by atoms with van der Waals surface area (Å²) in [6.45, 7) is 0.370. The fourth-order valence-corrected chi connectivity index (χ4v) is 1.86. The lowest BCUT2D eigenvalue weighted by Gasteiger charge is -2.05. The topological polar surface area (TPSA) is 77.8 Å². The Hall–Kier alpha value is -2.65. The van der Waals surface area contributed by atoms with Crippen LogP contribution < -0.4 is 10.6 Å². The Balaban J connectivity index is 1.95. The maximum atomic E-state index is 12.0. The Bertz CT molecular complexity index is 705. The summed E-state index contributed by atoms with van der Waals surface area (Å²) in [5, 5.41) is 14.6. The first-order valence-electron chi connectivity index (χ1n) is 6.49. The van der Waals surface area contributed by atoms with Crippen LogP contribution in [0.2, 0.25) is 0 Å². The number of carbonyl (C=O) groups excluding carboxylic acids is 1. The lowest BCUT2D eigenvalue weighted by atomic mass is 10.2. The molecule has 1 amide bonds. The smallest absolute Gasteiger partial charge is 0.263 e. The molecule has 0 saturated carbocycles. The largest absolute Gasteiger partial charge is 0.347 e. The Morgan fingerprint density at radius 3 is 2.68 bits per heavy atom. The molecule has 0 radical (unpaired) electrons. The molecule has 5 nitrogen and oxygen atoms in total. The van der Waals surface area contributed by atoms with Gasteiger partial charge >= 0.3 is 0 Å². The van der Waals surface area contributed by atoms with Crippen LogP contribution >= 0.6 is 15.9 Å². The van der Waals surface area contributed by atoms with Gasteiger partial charge in [-0.25, -0.2) is 4.98 Å². The molecule has 22 heavy (non-hydrogen) atoms. The number of nitriles is 1. The summed E-state index contributed by atoms with van der Waals surface area (Å²) in [6, 6.07) is 14.9. The second kappa shape index (κ2) is 7.96. The van der Waals surface area contributed by atoms with Gasteiger partial charge in [-0.3, -0.25) is 4.79 Å². The van der Waals surface area contributed by atoms with Crippen LogP contribution in [-0.2, 0) is 11.3 Å². The predicted molar refractivity (Wildman–Crippen MR) is 87.5 cm³/mol. The molecule has 2 rings (SSSR count). The molecule has 0 fully saturated rings. The van der Waals surface area contributed by atoms with Gasteiger partial charge in [-0.1, -0.05) is 30.3 Å². The first kappa shape index (κ1) is 15.7. The van der Waals surface area contributed by atoms with Crippen LogP contribution in [0.5, 0.6) is 0 Å². The van der Waals surface area contributed by atoms with Gasteiger partial charge < -0.3 is 10.6 Å². The van der Waals surface area contributed by atoms with Crippen LogP contribution in [0.4, 0.5) is 5.82 Å². The minimum absolute atomic E-state index is 0.0133. The highest BCUT2D eigenvalue weighted by atomic mass is 79.9. The van der Waals surface area contributed by atoms with Crippen molar-refractivity contribution in [1.82, 2.24) is 10.3 Å². The molecule has 0 atom stereocenters. The molecule has 0 aliphatic rings. The van der Waals surface area contributed by atoms with Gasteiger partial charge in [-0.05, 0) is 33.6 Å². The minimum Gasteiger partial charge on any atom is -0.347 e. The molecule has 0 aliphatic carbocycles. The zero-order chi connectivity index (χ0) is 15.8. The Morgan fingerprint density at radius 2 is 2.05 bits per heavy atom. The molecule has 2 aromatic rings. The van der Waals surface area contributed by atoms with E-state index in [9.17, 15) is 4.79 Å². The summed E-state index contributed by atoms with van der Waals surface area (Å²) in [5.41, 5.74) is 0.955. The highest BCUT2D eigenvalue weighted by molar-refractivity contribution is 9.10. The van der Waals surface area contributed by atoms with Crippen molar-refractivity contribution in [2.45, 2.75) is 6.54 Å². The molecule has 1 aromatic heterocycles. The second-order valence-corrected chi connectivity index (χ2v) is 5.26. The number of hydrogen-bond acceptors (Lipinski definition) is 4. The van der Waals surface area contributed by atoms with Crippen molar-refractivity contribution in [2.24, 2.45) is 0 Å². The van der Waals surface area contributed by atoms with E-state index in [0.29, 0.717) is 12.4 Å². The van der Waals surface area contributed by atoms with Crippen LogP contribution in [0.1, 0.15) is 5.56 Å². The molecular formula is C16H13BrN4O. The summed E-state index contributed by atoms with van der Waals surface area (Å²) in [6.07, 6.45) is 2.97. The molecular weight excluding hydrogens is 344 g/mol. The predicted octanol–water partition coefficient (Wildman–Crippen LogP) is 2.98. The number of hydrogen-bond donors (Lipinski definition) is 2. The van der Waals surface area contributed by atoms with Gasteiger partial charge in [0.2, 0.25) is 0 Å². The van der Waals surface area contributed by atoms with E-state index < -0.39 is 5.91 Å². The number of rotatable bonds is 5. The molecule has 0 bridgehead atoms. The maximum Gasteiger partial charge on any atom is 0.263 e. The third-order valence-electron chi connectivity index (χ3n) is 2.75. The minimum atomic E-state index is -0.434. The van der Waals surface area contributed by atoms with E-state index in [0.717, 1.165) is 10.0 Å². The van der Waals surface area contributed by atoms with Crippen molar-refractivity contribution in [3.8, 4) is 6.07 Å². The molecule has 0 unspecified atom stereocenters. The summed E-state index contributed by atoms with van der Waals surface area (Å²) >= 11 is 3.28. The molecule has 110 valence electrons. The zero-order valence-electron chi connectivity index (χ0n) is 11.6. The van der Waals surface area contributed by atoms with E-state index in [2.05, 4.69) is 31.5 Å². The fourth-order valence-electron chi connectivity index (χ4n) is 1.63. The average molecular weight is 357 g/mol. The molecule has 2 N–H and O–H groups in total. The number of pyridine rings is 1. The maximum absolute atomic E-state index is 12.0. The van der Waals surface area contributed by atoms with Crippen LogP contribution in [0.3, 0.4) is 0 Å². The molecule has 6 heteroatoms. The monoisotopic (exact) mass is 356 g/mol. The standard InChI is InChI=1S/C16H13BrN4O/c17-14-6-7-15(20-11-14)19-10-13(8-18)16(22)21-9-12-4-2-1-3-5-12/h1-7,10-11H,9H2,(H,19,20)(H,21,22)/b13-10-. The molecule has 0 aliphatic heterocycles. The number of aromatic nitrogens is 1. The highest BCUT2D eigenvalue weighted by Crippen LogP contribution is 2.10. The number of nitrogens with zero attached hydrogens (tertiary/aromatic N) is 2. The molecule has 0 saturated heterocycles. The van der Waals surface area contributed by atoms with Gasteiger partial charge in [0, 0.05) is 23.4 Å². The average Bonchev–Trinajstić information content (AvgIpc) is 2.56. The third-order valence-corrected chi connectivity index (χ3v) is 3.22. The van der Waals surface area contributed by atoms with E-state index in [4.69, 9.17) is 5.26 Å². The van der Waals surface area contributed by atoms with Crippen molar-refractivity contribution in [3.63, 3.8) is 0 Å². The first-order chi connectivity index (χ1) is 10.7.